The Morgan fingerprint density at radius 2 is 1.65 bits per heavy atom. The van der Waals surface area contributed by atoms with E-state index in [1.54, 1.807) is 48.5 Å². The first-order chi connectivity index (χ1) is 16.4. The third-order valence-electron chi connectivity index (χ3n) is 5.18. The van der Waals surface area contributed by atoms with E-state index in [-0.39, 0.29) is 17.0 Å². The van der Waals surface area contributed by atoms with Gasteiger partial charge < -0.3 is 14.8 Å². The Labute approximate surface area is 195 Å². The number of imide groups is 1. The quantitative estimate of drug-likeness (QED) is 0.302. The van der Waals surface area contributed by atoms with Crippen molar-refractivity contribution in [3.05, 3.63) is 94.2 Å². The monoisotopic (exact) mass is 459 g/mol. The number of non-ortho nitro benzene ring substituents is 1. The van der Waals surface area contributed by atoms with Gasteiger partial charge in [-0.2, -0.15) is 0 Å². The molecule has 1 heterocycles. The van der Waals surface area contributed by atoms with Crippen LogP contribution in [0, 0.1) is 10.1 Å². The van der Waals surface area contributed by atoms with Crippen molar-refractivity contribution in [2.75, 3.05) is 23.9 Å². The number of nitro groups is 1. The molecule has 0 spiro atoms. The Kier molecular flexibility index (Phi) is 6.26. The number of nitrogens with zero attached hydrogens (tertiary/aromatic N) is 2. The lowest BCUT2D eigenvalue weighted by Crippen LogP contribution is -2.32. The summed E-state index contributed by atoms with van der Waals surface area (Å²) in [5.41, 5.74) is 1.30. The SMILES string of the molecule is CCOc1cccc(NC2=C(c3ccc([N+](=O)[O-])cc3)C(=O)N(c3cccc(OC)c3)C2=O)c1. The second-order valence-corrected chi connectivity index (χ2v) is 7.29. The van der Waals surface area contributed by atoms with Crippen LogP contribution in [0.4, 0.5) is 17.1 Å². The lowest BCUT2D eigenvalue weighted by molar-refractivity contribution is -0.384. The molecule has 9 heteroatoms. The van der Waals surface area contributed by atoms with Crippen molar-refractivity contribution in [1.82, 2.24) is 0 Å². The number of amides is 2. The number of methoxy groups -OCH3 is 1. The summed E-state index contributed by atoms with van der Waals surface area (Å²) in [6.07, 6.45) is 0. The van der Waals surface area contributed by atoms with E-state index in [4.69, 9.17) is 9.47 Å². The van der Waals surface area contributed by atoms with Crippen molar-refractivity contribution in [3.8, 4) is 11.5 Å². The number of hydrogen-bond acceptors (Lipinski definition) is 7. The number of carbonyl (C=O) groups excluding carboxylic acids is 2. The van der Waals surface area contributed by atoms with E-state index in [9.17, 15) is 19.7 Å². The Hall–Kier alpha value is -4.66. The maximum Gasteiger partial charge on any atom is 0.282 e. The minimum absolute atomic E-state index is 0.0512. The molecule has 4 rings (SSSR count). The van der Waals surface area contributed by atoms with Gasteiger partial charge in [-0.1, -0.05) is 12.1 Å². The van der Waals surface area contributed by atoms with Gasteiger partial charge in [0.15, 0.2) is 0 Å². The fourth-order valence-electron chi connectivity index (χ4n) is 3.62. The Morgan fingerprint density at radius 3 is 2.32 bits per heavy atom. The smallest absolute Gasteiger partial charge is 0.282 e. The van der Waals surface area contributed by atoms with Crippen LogP contribution in [-0.4, -0.2) is 30.5 Å². The molecule has 1 aliphatic rings. The number of ether oxygens (including phenoxy) is 2. The van der Waals surface area contributed by atoms with E-state index in [1.807, 2.05) is 6.92 Å². The molecule has 0 saturated carbocycles. The second kappa shape index (κ2) is 9.45. The van der Waals surface area contributed by atoms with Gasteiger partial charge in [-0.3, -0.25) is 19.7 Å². The predicted molar refractivity (Wildman–Crippen MR) is 127 cm³/mol. The third-order valence-corrected chi connectivity index (χ3v) is 5.18. The summed E-state index contributed by atoms with van der Waals surface area (Å²) in [7, 11) is 1.49. The summed E-state index contributed by atoms with van der Waals surface area (Å²) in [5, 5.41) is 14.1. The van der Waals surface area contributed by atoms with E-state index in [2.05, 4.69) is 5.32 Å². The van der Waals surface area contributed by atoms with Crippen molar-refractivity contribution in [1.29, 1.82) is 0 Å². The molecule has 172 valence electrons. The number of rotatable bonds is 8. The first-order valence-corrected chi connectivity index (χ1v) is 10.4. The lowest BCUT2D eigenvalue weighted by atomic mass is 10.0. The van der Waals surface area contributed by atoms with Gasteiger partial charge in [0.1, 0.15) is 17.2 Å². The van der Waals surface area contributed by atoms with Gasteiger partial charge in [-0.25, -0.2) is 4.90 Å². The molecule has 0 unspecified atom stereocenters. The molecule has 2 amide bonds. The average Bonchev–Trinajstić information content (AvgIpc) is 3.08. The first kappa shape index (κ1) is 22.5. The molecule has 34 heavy (non-hydrogen) atoms. The minimum Gasteiger partial charge on any atom is -0.497 e. The van der Waals surface area contributed by atoms with E-state index >= 15 is 0 Å². The highest BCUT2D eigenvalue weighted by molar-refractivity contribution is 6.46. The lowest BCUT2D eigenvalue weighted by Gasteiger charge is -2.16. The van der Waals surface area contributed by atoms with Crippen LogP contribution in [0.25, 0.3) is 5.57 Å². The molecule has 3 aromatic carbocycles. The summed E-state index contributed by atoms with van der Waals surface area (Å²) >= 11 is 0. The number of carbonyl (C=O) groups is 2. The van der Waals surface area contributed by atoms with Crippen LogP contribution in [0.3, 0.4) is 0 Å². The molecule has 0 bridgehead atoms. The Balaban J connectivity index is 1.80. The third kappa shape index (κ3) is 4.31. The predicted octanol–water partition coefficient (Wildman–Crippen LogP) is 4.40. The first-order valence-electron chi connectivity index (χ1n) is 10.4. The van der Waals surface area contributed by atoms with Crippen molar-refractivity contribution in [3.63, 3.8) is 0 Å². The van der Waals surface area contributed by atoms with Crippen LogP contribution in [0.5, 0.6) is 11.5 Å². The maximum atomic E-state index is 13.5. The summed E-state index contributed by atoms with van der Waals surface area (Å²) in [5.74, 6) is -0.0313. The zero-order valence-electron chi connectivity index (χ0n) is 18.5. The highest BCUT2D eigenvalue weighted by Gasteiger charge is 2.40. The van der Waals surface area contributed by atoms with Crippen molar-refractivity contribution in [2.45, 2.75) is 6.92 Å². The Morgan fingerprint density at radius 1 is 0.941 bits per heavy atom. The second-order valence-electron chi connectivity index (χ2n) is 7.29. The maximum absolute atomic E-state index is 13.5. The van der Waals surface area contributed by atoms with Crippen LogP contribution in [0.2, 0.25) is 0 Å². The number of anilines is 2. The van der Waals surface area contributed by atoms with E-state index < -0.39 is 16.7 Å². The van der Waals surface area contributed by atoms with Crippen LogP contribution >= 0.6 is 0 Å². The molecule has 0 saturated heterocycles. The molecule has 0 aromatic heterocycles. The molecule has 0 atom stereocenters. The minimum atomic E-state index is -0.562. The van der Waals surface area contributed by atoms with Crippen molar-refractivity contribution < 1.29 is 24.0 Å². The molecule has 0 aliphatic carbocycles. The Bertz CT molecular complexity index is 1300. The number of nitrogens with one attached hydrogen (secondary N) is 1. The normalized spacial score (nSPS) is 13.3. The van der Waals surface area contributed by atoms with Gasteiger partial charge in [0, 0.05) is 30.0 Å². The molecule has 0 fully saturated rings. The van der Waals surface area contributed by atoms with Crippen LogP contribution in [0.1, 0.15) is 12.5 Å². The van der Waals surface area contributed by atoms with E-state index in [0.717, 1.165) is 4.90 Å². The number of benzene rings is 3. The van der Waals surface area contributed by atoms with Gasteiger partial charge in [-0.15, -0.1) is 0 Å². The van der Waals surface area contributed by atoms with Crippen molar-refractivity contribution >= 4 is 34.4 Å². The summed E-state index contributed by atoms with van der Waals surface area (Å²) in [6.45, 7) is 2.34. The number of nitro benzene ring substituents is 1. The summed E-state index contributed by atoms with van der Waals surface area (Å²) in [4.78, 5) is 38.6. The molecule has 3 aromatic rings. The molecule has 9 nitrogen and oxygen atoms in total. The number of hydrogen-bond donors (Lipinski definition) is 1. The molecule has 0 radical (unpaired) electrons. The van der Waals surface area contributed by atoms with Crippen molar-refractivity contribution in [2.24, 2.45) is 0 Å². The summed E-state index contributed by atoms with van der Waals surface area (Å²) < 4.78 is 10.8. The largest absolute Gasteiger partial charge is 0.497 e. The highest BCUT2D eigenvalue weighted by Crippen LogP contribution is 2.35. The van der Waals surface area contributed by atoms with Gasteiger partial charge in [-0.05, 0) is 48.9 Å². The van der Waals surface area contributed by atoms with Gasteiger partial charge in [0.25, 0.3) is 17.5 Å². The molecular formula is C25H21N3O6. The standard InChI is InChI=1S/C25H21N3O6/c1-3-34-21-9-4-6-17(14-21)26-23-22(16-10-12-18(13-11-16)28(31)32)24(29)27(25(23)30)19-7-5-8-20(15-19)33-2/h4-15,26H,3H2,1-2H3. The topological polar surface area (TPSA) is 111 Å². The van der Waals surface area contributed by atoms with Gasteiger partial charge in [0.2, 0.25) is 0 Å². The zero-order chi connectivity index (χ0) is 24.2. The van der Waals surface area contributed by atoms with Crippen LogP contribution in [0.15, 0.2) is 78.5 Å². The average molecular weight is 459 g/mol. The van der Waals surface area contributed by atoms with Crippen LogP contribution < -0.4 is 19.7 Å². The fourth-order valence-corrected chi connectivity index (χ4v) is 3.62. The van der Waals surface area contributed by atoms with Crippen LogP contribution in [-0.2, 0) is 9.59 Å². The van der Waals surface area contributed by atoms with E-state index in [0.29, 0.717) is 35.0 Å². The van der Waals surface area contributed by atoms with Gasteiger partial charge >= 0.3 is 0 Å². The molecule has 1 N–H and O–H groups in total. The zero-order valence-corrected chi connectivity index (χ0v) is 18.5. The summed E-state index contributed by atoms with van der Waals surface area (Å²) in [6, 6.07) is 19.1. The highest BCUT2D eigenvalue weighted by atomic mass is 16.6. The van der Waals surface area contributed by atoms with E-state index in [1.165, 1.54) is 31.4 Å². The molecular weight excluding hydrogens is 438 g/mol. The van der Waals surface area contributed by atoms with Gasteiger partial charge in [0.05, 0.1) is 29.9 Å². The fraction of sp³-hybridized carbons (Fsp3) is 0.120. The molecule has 1 aliphatic heterocycles.